The highest BCUT2D eigenvalue weighted by Gasteiger charge is 2.37. The van der Waals surface area contributed by atoms with Gasteiger partial charge in [0.2, 0.25) is 11.8 Å². The molecule has 0 unspecified atom stereocenters. The van der Waals surface area contributed by atoms with E-state index in [-0.39, 0.29) is 35.9 Å². The predicted octanol–water partition coefficient (Wildman–Crippen LogP) is 2.45. The molecule has 1 N–H and O–H groups in total. The van der Waals surface area contributed by atoms with Crippen molar-refractivity contribution in [3.05, 3.63) is 65.2 Å². The minimum atomic E-state index is -1.13. The number of aromatic nitrogens is 6. The van der Waals surface area contributed by atoms with Crippen LogP contribution in [0.4, 0.5) is 4.39 Å². The van der Waals surface area contributed by atoms with Crippen LogP contribution in [-0.2, 0) is 18.4 Å². The number of hydrogen-bond donors (Lipinski definition) is 1. The van der Waals surface area contributed by atoms with Gasteiger partial charge >= 0.3 is 0 Å². The maximum Gasteiger partial charge on any atom is 0.264 e. The van der Waals surface area contributed by atoms with Gasteiger partial charge in [0.05, 0.1) is 24.0 Å². The molecule has 0 radical (unpaired) electrons. The summed E-state index contributed by atoms with van der Waals surface area (Å²) in [4.78, 5) is 32.7. The topological polar surface area (TPSA) is 120 Å². The Hall–Kier alpha value is -4.06. The Kier molecular flexibility index (Phi) is 6.87. The van der Waals surface area contributed by atoms with Crippen LogP contribution in [0.2, 0.25) is 0 Å². The van der Waals surface area contributed by atoms with Gasteiger partial charge in [0, 0.05) is 38.3 Å². The average molecular weight is 550 g/mol. The van der Waals surface area contributed by atoms with Gasteiger partial charge in [-0.15, -0.1) is 5.10 Å². The maximum absolute atomic E-state index is 13.3. The van der Waals surface area contributed by atoms with Gasteiger partial charge in [0.15, 0.2) is 5.65 Å². The summed E-state index contributed by atoms with van der Waals surface area (Å²) in [6.07, 6.45) is 8.65. The van der Waals surface area contributed by atoms with Crippen molar-refractivity contribution < 1.29 is 19.0 Å². The molecule has 1 saturated carbocycles. The fourth-order valence-corrected chi connectivity index (χ4v) is 5.76. The Bertz CT molecular complexity index is 1560. The molecule has 1 aromatic carbocycles. The van der Waals surface area contributed by atoms with Crippen LogP contribution in [0, 0.1) is 11.7 Å². The van der Waals surface area contributed by atoms with Crippen molar-refractivity contribution in [2.24, 2.45) is 13.0 Å². The zero-order valence-corrected chi connectivity index (χ0v) is 22.3. The highest BCUT2D eigenvalue weighted by Crippen LogP contribution is 2.31. The number of ether oxygens (including phenoxy) is 1. The summed E-state index contributed by atoms with van der Waals surface area (Å²) >= 11 is 0. The Balaban J connectivity index is 1.05. The van der Waals surface area contributed by atoms with E-state index in [2.05, 4.69) is 15.2 Å². The van der Waals surface area contributed by atoms with Crippen LogP contribution >= 0.6 is 0 Å². The second-order valence-corrected chi connectivity index (χ2v) is 10.9. The number of nitrogens with zero attached hydrogens (tertiary/aromatic N) is 7. The molecule has 12 heteroatoms. The Morgan fingerprint density at radius 3 is 2.52 bits per heavy atom. The summed E-state index contributed by atoms with van der Waals surface area (Å²) in [7, 11) is 1.85. The molecular formula is C28H32FN7O4. The SMILES string of the molecule is Cn1ccc(OC2CCC(C(=O)N3CCC(O)(Cn4cnc5c(cnn5-c5ccc(F)cc5)c4=O)CC3)CC2)n1. The summed E-state index contributed by atoms with van der Waals surface area (Å²) in [5, 5.41) is 20.2. The van der Waals surface area contributed by atoms with Crippen molar-refractivity contribution in [1.82, 2.24) is 34.0 Å². The highest BCUT2D eigenvalue weighted by atomic mass is 19.1. The third kappa shape index (κ3) is 5.23. The first-order chi connectivity index (χ1) is 19.3. The molecule has 210 valence electrons. The van der Waals surface area contributed by atoms with Crippen molar-refractivity contribution in [2.45, 2.75) is 56.8 Å². The molecule has 0 spiro atoms. The fourth-order valence-electron chi connectivity index (χ4n) is 5.76. The van der Waals surface area contributed by atoms with E-state index in [0.29, 0.717) is 48.5 Å². The van der Waals surface area contributed by atoms with Crippen molar-refractivity contribution >= 4 is 16.9 Å². The number of carbonyl (C=O) groups excluding carboxylic acids is 1. The van der Waals surface area contributed by atoms with E-state index in [0.717, 1.165) is 25.7 Å². The van der Waals surface area contributed by atoms with Gasteiger partial charge in [-0.1, -0.05) is 0 Å². The number of hydrogen-bond acceptors (Lipinski definition) is 7. The second-order valence-electron chi connectivity index (χ2n) is 10.9. The summed E-state index contributed by atoms with van der Waals surface area (Å²) < 4.78 is 23.9. The molecule has 1 aliphatic heterocycles. The van der Waals surface area contributed by atoms with E-state index in [1.165, 1.54) is 33.9 Å². The van der Waals surface area contributed by atoms with E-state index in [1.807, 2.05) is 24.2 Å². The Morgan fingerprint density at radius 1 is 1.12 bits per heavy atom. The van der Waals surface area contributed by atoms with Gasteiger partial charge in [0.25, 0.3) is 5.56 Å². The van der Waals surface area contributed by atoms with Gasteiger partial charge in [-0.2, -0.15) is 5.10 Å². The molecule has 2 fully saturated rings. The number of carbonyl (C=O) groups is 1. The predicted molar refractivity (Wildman–Crippen MR) is 143 cm³/mol. The third-order valence-corrected chi connectivity index (χ3v) is 8.10. The van der Waals surface area contributed by atoms with Crippen LogP contribution < -0.4 is 10.3 Å². The monoisotopic (exact) mass is 549 g/mol. The maximum atomic E-state index is 13.3. The van der Waals surface area contributed by atoms with E-state index < -0.39 is 5.60 Å². The van der Waals surface area contributed by atoms with E-state index in [1.54, 1.807) is 16.8 Å². The molecule has 40 heavy (non-hydrogen) atoms. The molecule has 4 heterocycles. The third-order valence-electron chi connectivity index (χ3n) is 8.10. The normalized spacial score (nSPS) is 21.0. The first-order valence-corrected chi connectivity index (χ1v) is 13.6. The number of halogens is 1. The lowest BCUT2D eigenvalue weighted by molar-refractivity contribution is -0.141. The van der Waals surface area contributed by atoms with Gasteiger partial charge < -0.3 is 14.7 Å². The average Bonchev–Trinajstić information content (AvgIpc) is 3.57. The van der Waals surface area contributed by atoms with Crippen LogP contribution in [0.3, 0.4) is 0 Å². The number of fused-ring (bicyclic) bond motifs is 1. The van der Waals surface area contributed by atoms with E-state index >= 15 is 0 Å². The van der Waals surface area contributed by atoms with E-state index in [4.69, 9.17) is 4.74 Å². The van der Waals surface area contributed by atoms with Crippen LogP contribution in [0.5, 0.6) is 5.88 Å². The summed E-state index contributed by atoms with van der Waals surface area (Å²) in [6, 6.07) is 7.61. The minimum absolute atomic E-state index is 0.0401. The minimum Gasteiger partial charge on any atom is -0.473 e. The van der Waals surface area contributed by atoms with E-state index in [9.17, 15) is 19.1 Å². The van der Waals surface area contributed by atoms with Crippen molar-refractivity contribution in [2.75, 3.05) is 13.1 Å². The van der Waals surface area contributed by atoms with Crippen molar-refractivity contribution in [1.29, 1.82) is 0 Å². The first kappa shape index (κ1) is 26.2. The summed E-state index contributed by atoms with van der Waals surface area (Å²) in [5.41, 5.74) is -0.488. The molecular weight excluding hydrogens is 517 g/mol. The Labute approximate surface area is 229 Å². The number of benzene rings is 1. The number of aliphatic hydroxyl groups is 1. The lowest BCUT2D eigenvalue weighted by Crippen LogP contribution is -2.51. The quantitative estimate of drug-likeness (QED) is 0.392. The molecule has 0 atom stereocenters. The second kappa shape index (κ2) is 10.5. The van der Waals surface area contributed by atoms with Crippen LogP contribution in [0.25, 0.3) is 16.7 Å². The molecule has 3 aromatic heterocycles. The number of likely N-dealkylation sites (tertiary alicyclic amines) is 1. The number of rotatable bonds is 6. The molecule has 1 amide bonds. The smallest absolute Gasteiger partial charge is 0.264 e. The fraction of sp³-hybridized carbons (Fsp3) is 0.464. The lowest BCUT2D eigenvalue weighted by Gasteiger charge is -2.40. The number of aryl methyl sites for hydroxylation is 1. The molecule has 1 aliphatic carbocycles. The molecule has 4 aromatic rings. The van der Waals surface area contributed by atoms with Gasteiger partial charge in [0.1, 0.15) is 23.6 Å². The van der Waals surface area contributed by atoms with Crippen molar-refractivity contribution in [3.8, 4) is 11.6 Å². The Morgan fingerprint density at radius 2 is 1.85 bits per heavy atom. The molecule has 1 saturated heterocycles. The highest BCUT2D eigenvalue weighted by molar-refractivity contribution is 5.79. The van der Waals surface area contributed by atoms with Crippen LogP contribution in [-0.4, -0.2) is 69.8 Å². The van der Waals surface area contributed by atoms with Crippen LogP contribution in [0.15, 0.2) is 53.8 Å². The molecule has 0 bridgehead atoms. The summed E-state index contributed by atoms with van der Waals surface area (Å²) in [6.45, 7) is 0.952. The molecule has 11 nitrogen and oxygen atoms in total. The van der Waals surface area contributed by atoms with Gasteiger partial charge in [-0.3, -0.25) is 18.8 Å². The zero-order chi connectivity index (χ0) is 27.9. The standard InChI is InChI=1S/C28H32FN7O4/c1-33-13-10-24(32-33)40-22-8-2-19(3-9-22)26(37)34-14-11-28(39,12-15-34)17-35-18-30-25-23(27(35)38)16-31-36(25)21-6-4-20(29)5-7-21/h4-7,10,13,16,18-19,22,39H,2-3,8-9,11-12,14-15,17H2,1H3. The number of piperidine rings is 1. The van der Waals surface area contributed by atoms with Gasteiger partial charge in [-0.25, -0.2) is 14.1 Å². The first-order valence-electron chi connectivity index (χ1n) is 13.6. The summed E-state index contributed by atoms with van der Waals surface area (Å²) in [5.74, 6) is 0.339. The zero-order valence-electron chi connectivity index (χ0n) is 22.3. The van der Waals surface area contributed by atoms with Gasteiger partial charge in [-0.05, 0) is 62.8 Å². The lowest BCUT2D eigenvalue weighted by atomic mass is 9.85. The molecule has 2 aliphatic rings. The largest absolute Gasteiger partial charge is 0.473 e. The van der Waals surface area contributed by atoms with Crippen LogP contribution in [0.1, 0.15) is 38.5 Å². The number of amides is 1. The molecule has 6 rings (SSSR count). The van der Waals surface area contributed by atoms with Crippen molar-refractivity contribution in [3.63, 3.8) is 0 Å².